The first-order valence-corrected chi connectivity index (χ1v) is 8.01. The van der Waals surface area contributed by atoms with Gasteiger partial charge in [0.1, 0.15) is 16.5 Å². The summed E-state index contributed by atoms with van der Waals surface area (Å²) in [5.41, 5.74) is 0.538. The van der Waals surface area contributed by atoms with Crippen LogP contribution in [0.3, 0.4) is 0 Å². The summed E-state index contributed by atoms with van der Waals surface area (Å²) < 4.78 is 63.5. The van der Waals surface area contributed by atoms with Gasteiger partial charge in [0, 0.05) is 18.7 Å². The summed E-state index contributed by atoms with van der Waals surface area (Å²) >= 11 is 0. The Bertz CT molecular complexity index is 792. The summed E-state index contributed by atoms with van der Waals surface area (Å²) in [5.74, 6) is -1.21. The first-order chi connectivity index (χ1) is 10.9. The van der Waals surface area contributed by atoms with E-state index in [2.05, 4.69) is 4.72 Å². The lowest BCUT2D eigenvalue weighted by Gasteiger charge is -2.12. The minimum atomic E-state index is -4.11. The third kappa shape index (κ3) is 3.96. The molecule has 2 aromatic carbocycles. The zero-order chi connectivity index (χ0) is 17.0. The topological polar surface area (TPSA) is 64.6 Å². The molecule has 8 heteroatoms. The molecule has 0 aliphatic heterocycles. The van der Waals surface area contributed by atoms with Gasteiger partial charge in [-0.2, -0.15) is 0 Å². The second-order valence-corrected chi connectivity index (χ2v) is 6.32. The molecule has 0 amide bonds. The first-order valence-electron chi connectivity index (χ1n) is 6.53. The largest absolute Gasteiger partial charge is 0.493 e. The number of sulfonamides is 1. The van der Waals surface area contributed by atoms with Crippen LogP contribution >= 0.6 is 0 Å². The monoisotopic (exact) mass is 343 g/mol. The highest BCUT2D eigenvalue weighted by molar-refractivity contribution is 7.89. The van der Waals surface area contributed by atoms with Crippen LogP contribution in [0.4, 0.5) is 8.78 Å². The van der Waals surface area contributed by atoms with Gasteiger partial charge in [0.2, 0.25) is 10.0 Å². The third-order valence-corrected chi connectivity index (χ3v) is 4.52. The summed E-state index contributed by atoms with van der Waals surface area (Å²) in [6.45, 7) is -0.101. The Hall–Kier alpha value is -2.19. The van der Waals surface area contributed by atoms with E-state index in [1.54, 1.807) is 0 Å². The summed E-state index contributed by atoms with van der Waals surface area (Å²) in [6, 6.07) is 7.26. The van der Waals surface area contributed by atoms with E-state index in [9.17, 15) is 17.2 Å². The summed E-state index contributed by atoms with van der Waals surface area (Å²) in [4.78, 5) is -0.558. The third-order valence-electron chi connectivity index (χ3n) is 3.11. The van der Waals surface area contributed by atoms with Gasteiger partial charge >= 0.3 is 0 Å². The normalized spacial score (nSPS) is 11.3. The summed E-state index contributed by atoms with van der Waals surface area (Å²) in [7, 11) is -1.48. The van der Waals surface area contributed by atoms with Crippen molar-refractivity contribution in [1.29, 1.82) is 0 Å². The first kappa shape index (κ1) is 17.2. The van der Waals surface area contributed by atoms with E-state index in [4.69, 9.17) is 9.47 Å². The summed E-state index contributed by atoms with van der Waals surface area (Å²) in [5, 5.41) is 0. The number of rotatable bonds is 6. The minimum absolute atomic E-state index is 0.0856. The fourth-order valence-corrected chi connectivity index (χ4v) is 2.99. The highest BCUT2D eigenvalue weighted by Gasteiger charge is 2.22. The molecule has 0 unspecified atom stereocenters. The molecule has 0 saturated heterocycles. The van der Waals surface area contributed by atoms with Crippen molar-refractivity contribution >= 4 is 10.0 Å². The fourth-order valence-electron chi connectivity index (χ4n) is 1.90. The molecule has 0 radical (unpaired) electrons. The maximum absolute atomic E-state index is 14.0. The van der Waals surface area contributed by atoms with Crippen molar-refractivity contribution in [3.8, 4) is 11.5 Å². The zero-order valence-electron chi connectivity index (χ0n) is 12.5. The van der Waals surface area contributed by atoms with Gasteiger partial charge in [-0.05, 0) is 17.7 Å². The summed E-state index contributed by atoms with van der Waals surface area (Å²) in [6.07, 6.45) is 0. The molecule has 0 spiro atoms. The molecule has 0 aliphatic rings. The molecule has 0 aliphatic carbocycles. The Labute approximate surface area is 132 Å². The average Bonchev–Trinajstić information content (AvgIpc) is 2.53. The lowest BCUT2D eigenvalue weighted by molar-refractivity contribution is 0.350. The molecular formula is C15H15F2NO4S. The Morgan fingerprint density at radius 2 is 1.57 bits per heavy atom. The number of methoxy groups -OCH3 is 2. The SMILES string of the molecule is COc1cc(F)c(S(=O)(=O)NCc2ccc(F)cc2)cc1OC. The molecule has 0 saturated carbocycles. The highest BCUT2D eigenvalue weighted by atomic mass is 32.2. The van der Waals surface area contributed by atoms with E-state index < -0.39 is 26.6 Å². The van der Waals surface area contributed by atoms with Crippen molar-refractivity contribution < 1.29 is 26.7 Å². The van der Waals surface area contributed by atoms with Crippen LogP contribution in [0.1, 0.15) is 5.56 Å². The molecule has 5 nitrogen and oxygen atoms in total. The van der Waals surface area contributed by atoms with Crippen LogP contribution in [-0.2, 0) is 16.6 Å². The maximum Gasteiger partial charge on any atom is 0.243 e. The van der Waals surface area contributed by atoms with Gasteiger partial charge in [-0.1, -0.05) is 12.1 Å². The predicted octanol–water partition coefficient (Wildman–Crippen LogP) is 2.46. The van der Waals surface area contributed by atoms with Crippen molar-refractivity contribution in [3.63, 3.8) is 0 Å². The van der Waals surface area contributed by atoms with Gasteiger partial charge in [0.25, 0.3) is 0 Å². The Balaban J connectivity index is 2.27. The molecule has 1 N–H and O–H groups in total. The van der Waals surface area contributed by atoms with Crippen molar-refractivity contribution in [2.24, 2.45) is 0 Å². The predicted molar refractivity (Wildman–Crippen MR) is 79.9 cm³/mol. The molecule has 2 aromatic rings. The molecule has 0 bridgehead atoms. The zero-order valence-corrected chi connectivity index (χ0v) is 13.3. The molecule has 124 valence electrons. The van der Waals surface area contributed by atoms with Crippen molar-refractivity contribution in [1.82, 2.24) is 4.72 Å². The molecule has 0 heterocycles. The van der Waals surface area contributed by atoms with E-state index in [1.807, 2.05) is 0 Å². The van der Waals surface area contributed by atoms with Gasteiger partial charge in [-0.3, -0.25) is 0 Å². The maximum atomic E-state index is 14.0. The van der Waals surface area contributed by atoms with Gasteiger partial charge in [-0.15, -0.1) is 0 Å². The van der Waals surface area contributed by atoms with E-state index in [-0.39, 0.29) is 18.0 Å². The molecule has 23 heavy (non-hydrogen) atoms. The van der Waals surface area contributed by atoms with Crippen LogP contribution in [-0.4, -0.2) is 22.6 Å². The van der Waals surface area contributed by atoms with Crippen LogP contribution in [0, 0.1) is 11.6 Å². The van der Waals surface area contributed by atoms with Crippen molar-refractivity contribution in [3.05, 3.63) is 53.6 Å². The number of hydrogen-bond acceptors (Lipinski definition) is 4. The number of nitrogens with one attached hydrogen (secondary N) is 1. The van der Waals surface area contributed by atoms with Crippen molar-refractivity contribution in [2.45, 2.75) is 11.4 Å². The van der Waals surface area contributed by atoms with Crippen LogP contribution in [0.15, 0.2) is 41.3 Å². The van der Waals surface area contributed by atoms with Gasteiger partial charge < -0.3 is 9.47 Å². The average molecular weight is 343 g/mol. The highest BCUT2D eigenvalue weighted by Crippen LogP contribution is 2.31. The van der Waals surface area contributed by atoms with Crippen molar-refractivity contribution in [2.75, 3.05) is 14.2 Å². The Morgan fingerprint density at radius 3 is 2.13 bits per heavy atom. The standard InChI is InChI=1S/C15H15F2NO4S/c1-21-13-7-12(17)15(8-14(13)22-2)23(19,20)18-9-10-3-5-11(16)6-4-10/h3-8,18H,9H2,1-2H3. The minimum Gasteiger partial charge on any atom is -0.493 e. The van der Waals surface area contributed by atoms with Gasteiger partial charge in [0.15, 0.2) is 11.5 Å². The number of benzene rings is 2. The second kappa shape index (κ2) is 6.93. The number of hydrogen-bond donors (Lipinski definition) is 1. The number of ether oxygens (including phenoxy) is 2. The Kier molecular flexibility index (Phi) is 5.17. The van der Waals surface area contributed by atoms with Crippen LogP contribution in [0.2, 0.25) is 0 Å². The van der Waals surface area contributed by atoms with Crippen LogP contribution < -0.4 is 14.2 Å². The van der Waals surface area contributed by atoms with Crippen LogP contribution in [0.5, 0.6) is 11.5 Å². The second-order valence-electron chi connectivity index (χ2n) is 4.59. The molecule has 0 atom stereocenters. The lowest BCUT2D eigenvalue weighted by Crippen LogP contribution is -2.24. The molecule has 0 fully saturated rings. The Morgan fingerprint density at radius 1 is 1.00 bits per heavy atom. The van der Waals surface area contributed by atoms with Crippen LogP contribution in [0.25, 0.3) is 0 Å². The van der Waals surface area contributed by atoms with E-state index in [1.165, 1.54) is 38.5 Å². The molecule has 0 aromatic heterocycles. The lowest BCUT2D eigenvalue weighted by atomic mass is 10.2. The quantitative estimate of drug-likeness (QED) is 0.875. The molecule has 2 rings (SSSR count). The van der Waals surface area contributed by atoms with E-state index in [0.29, 0.717) is 5.56 Å². The smallest absolute Gasteiger partial charge is 0.243 e. The molecular weight excluding hydrogens is 328 g/mol. The fraction of sp³-hybridized carbons (Fsp3) is 0.200. The van der Waals surface area contributed by atoms with Gasteiger partial charge in [-0.25, -0.2) is 21.9 Å². The van der Waals surface area contributed by atoms with Gasteiger partial charge in [0.05, 0.1) is 14.2 Å². The van der Waals surface area contributed by atoms with E-state index in [0.717, 1.165) is 12.1 Å². The number of halogens is 2. The van der Waals surface area contributed by atoms with E-state index >= 15 is 0 Å².